The molecule has 0 unspecified atom stereocenters. The van der Waals surface area contributed by atoms with Crippen LogP contribution < -0.4 is 11.2 Å². The number of aromatic nitrogens is 5. The summed E-state index contributed by atoms with van der Waals surface area (Å²) in [5, 5.41) is 0. The number of hydrogen-bond acceptors (Lipinski definition) is 3. The number of hydrogen-bond donors (Lipinski definition) is 0. The molecule has 0 saturated carbocycles. The largest absolute Gasteiger partial charge is 0.332 e. The summed E-state index contributed by atoms with van der Waals surface area (Å²) in [6, 6.07) is 6.23. The van der Waals surface area contributed by atoms with Crippen LogP contribution in [0.1, 0.15) is 22.5 Å². The SMILES string of the molecule is Cc1ccc(-n2c(C)c(C)n3c4c(=O)n(C)c(=O)n(C)c4nc23)cc1C. The molecule has 0 aliphatic rings. The third-order valence-electron chi connectivity index (χ3n) is 5.38. The highest BCUT2D eigenvalue weighted by molar-refractivity contribution is 5.77. The van der Waals surface area contributed by atoms with Crippen molar-refractivity contribution in [1.29, 1.82) is 0 Å². The first kappa shape index (κ1) is 16.4. The van der Waals surface area contributed by atoms with Crippen LogP contribution in [0, 0.1) is 27.7 Å². The van der Waals surface area contributed by atoms with Gasteiger partial charge in [0.25, 0.3) is 5.56 Å². The molecular weight excluding hydrogens is 330 g/mol. The summed E-state index contributed by atoms with van der Waals surface area (Å²) in [4.78, 5) is 29.7. The maximum Gasteiger partial charge on any atom is 0.332 e. The van der Waals surface area contributed by atoms with Gasteiger partial charge in [-0.2, -0.15) is 4.98 Å². The van der Waals surface area contributed by atoms with E-state index >= 15 is 0 Å². The number of fused-ring (bicyclic) bond motifs is 3. The lowest BCUT2D eigenvalue weighted by Gasteiger charge is -2.09. The lowest BCUT2D eigenvalue weighted by molar-refractivity contribution is 0.707. The van der Waals surface area contributed by atoms with Crippen molar-refractivity contribution < 1.29 is 0 Å². The van der Waals surface area contributed by atoms with E-state index in [2.05, 4.69) is 31.0 Å². The van der Waals surface area contributed by atoms with Gasteiger partial charge in [-0.3, -0.25) is 22.9 Å². The fourth-order valence-electron chi connectivity index (χ4n) is 3.50. The molecule has 0 radical (unpaired) electrons. The number of imidazole rings is 2. The smallest absolute Gasteiger partial charge is 0.283 e. The Hall–Kier alpha value is -3.09. The number of nitrogens with zero attached hydrogens (tertiary/aromatic N) is 5. The summed E-state index contributed by atoms with van der Waals surface area (Å²) < 4.78 is 6.43. The average molecular weight is 351 g/mol. The van der Waals surface area contributed by atoms with E-state index in [0.717, 1.165) is 21.6 Å². The van der Waals surface area contributed by atoms with E-state index in [1.54, 1.807) is 7.05 Å². The first-order valence-corrected chi connectivity index (χ1v) is 8.47. The van der Waals surface area contributed by atoms with E-state index < -0.39 is 0 Å². The molecule has 0 atom stereocenters. The second-order valence-electron chi connectivity index (χ2n) is 6.90. The predicted octanol–water partition coefficient (Wildman–Crippen LogP) is 1.91. The molecule has 3 heterocycles. The van der Waals surface area contributed by atoms with Gasteiger partial charge in [0.05, 0.1) is 0 Å². The molecule has 1 aromatic carbocycles. The maximum absolute atomic E-state index is 12.8. The van der Waals surface area contributed by atoms with Gasteiger partial charge in [-0.25, -0.2) is 4.79 Å². The molecule has 134 valence electrons. The molecule has 7 heteroatoms. The standard InChI is InChI=1S/C19H21N5O2/c1-10-7-8-14(9-11(10)2)23-12(3)13(4)24-15-16(20-18(23)24)21(5)19(26)22(6)17(15)25/h7-9H,1-6H3. The Bertz CT molecular complexity index is 1330. The van der Waals surface area contributed by atoms with Gasteiger partial charge < -0.3 is 0 Å². The van der Waals surface area contributed by atoms with Crippen molar-refractivity contribution >= 4 is 16.9 Å². The summed E-state index contributed by atoms with van der Waals surface area (Å²) in [5.74, 6) is 0.636. The molecule has 0 fully saturated rings. The third kappa shape index (κ3) is 1.91. The number of aryl methyl sites for hydroxylation is 4. The Morgan fingerprint density at radius 3 is 2.23 bits per heavy atom. The molecule has 4 rings (SSSR count). The molecule has 0 aliphatic carbocycles. The Labute approximate surface area is 149 Å². The number of rotatable bonds is 1. The molecule has 3 aromatic heterocycles. The van der Waals surface area contributed by atoms with Gasteiger partial charge in [0.15, 0.2) is 11.2 Å². The number of benzene rings is 1. The monoisotopic (exact) mass is 351 g/mol. The van der Waals surface area contributed by atoms with Gasteiger partial charge in [0.2, 0.25) is 5.78 Å². The molecule has 4 aromatic rings. The lowest BCUT2D eigenvalue weighted by atomic mass is 10.1. The van der Waals surface area contributed by atoms with Crippen molar-refractivity contribution in [2.24, 2.45) is 14.1 Å². The first-order valence-electron chi connectivity index (χ1n) is 8.47. The highest BCUT2D eigenvalue weighted by Gasteiger charge is 2.22. The molecule has 0 bridgehead atoms. The third-order valence-corrected chi connectivity index (χ3v) is 5.38. The maximum atomic E-state index is 12.8. The fraction of sp³-hybridized carbons (Fsp3) is 0.316. The van der Waals surface area contributed by atoms with Crippen molar-refractivity contribution in [3.05, 3.63) is 61.6 Å². The van der Waals surface area contributed by atoms with Crippen molar-refractivity contribution in [3.63, 3.8) is 0 Å². The van der Waals surface area contributed by atoms with Gasteiger partial charge in [0, 0.05) is 31.2 Å². The van der Waals surface area contributed by atoms with Gasteiger partial charge in [-0.15, -0.1) is 0 Å². The van der Waals surface area contributed by atoms with Gasteiger partial charge in [-0.05, 0) is 51.0 Å². The molecule has 0 amide bonds. The topological polar surface area (TPSA) is 66.2 Å². The predicted molar refractivity (Wildman–Crippen MR) is 101 cm³/mol. The molecule has 0 saturated heterocycles. The van der Waals surface area contributed by atoms with Crippen LogP contribution in [0.15, 0.2) is 27.8 Å². The Balaban J connectivity index is 2.24. The minimum Gasteiger partial charge on any atom is -0.283 e. The minimum atomic E-state index is -0.379. The van der Waals surface area contributed by atoms with E-state index in [4.69, 9.17) is 0 Å². The molecule has 26 heavy (non-hydrogen) atoms. The normalized spacial score (nSPS) is 11.8. The van der Waals surface area contributed by atoms with Crippen molar-refractivity contribution in [2.75, 3.05) is 0 Å². The lowest BCUT2D eigenvalue weighted by Crippen LogP contribution is -2.37. The molecule has 7 nitrogen and oxygen atoms in total. The summed E-state index contributed by atoms with van der Waals surface area (Å²) in [6.07, 6.45) is 0. The summed E-state index contributed by atoms with van der Waals surface area (Å²) >= 11 is 0. The molecule has 0 N–H and O–H groups in total. The van der Waals surface area contributed by atoms with Crippen LogP contribution >= 0.6 is 0 Å². The van der Waals surface area contributed by atoms with Crippen LogP contribution in [0.5, 0.6) is 0 Å². The van der Waals surface area contributed by atoms with E-state index in [9.17, 15) is 9.59 Å². The Morgan fingerprint density at radius 1 is 0.885 bits per heavy atom. The van der Waals surface area contributed by atoms with E-state index in [-0.39, 0.29) is 11.2 Å². The minimum absolute atomic E-state index is 0.337. The van der Waals surface area contributed by atoms with E-state index in [0.29, 0.717) is 16.9 Å². The van der Waals surface area contributed by atoms with E-state index in [1.807, 2.05) is 28.9 Å². The molecule has 0 spiro atoms. The van der Waals surface area contributed by atoms with Crippen LogP contribution in [0.2, 0.25) is 0 Å². The van der Waals surface area contributed by atoms with Crippen LogP contribution in [-0.4, -0.2) is 23.1 Å². The highest BCUT2D eigenvalue weighted by atomic mass is 16.2. The van der Waals surface area contributed by atoms with Crippen molar-refractivity contribution in [1.82, 2.24) is 23.1 Å². The van der Waals surface area contributed by atoms with Crippen LogP contribution in [-0.2, 0) is 14.1 Å². The average Bonchev–Trinajstić information content (AvgIpc) is 3.10. The zero-order chi connectivity index (χ0) is 18.9. The second kappa shape index (κ2) is 5.20. The first-order chi connectivity index (χ1) is 12.2. The molecular formula is C19H21N5O2. The van der Waals surface area contributed by atoms with Crippen LogP contribution in [0.3, 0.4) is 0 Å². The van der Waals surface area contributed by atoms with Crippen molar-refractivity contribution in [2.45, 2.75) is 27.7 Å². The Kier molecular flexibility index (Phi) is 3.28. The van der Waals surface area contributed by atoms with Gasteiger partial charge in [-0.1, -0.05) is 6.07 Å². The van der Waals surface area contributed by atoms with Crippen LogP contribution in [0.4, 0.5) is 0 Å². The quantitative estimate of drug-likeness (QED) is 0.526. The summed E-state index contributed by atoms with van der Waals surface area (Å²) in [5.41, 5.74) is 5.43. The van der Waals surface area contributed by atoms with Crippen LogP contribution in [0.25, 0.3) is 22.6 Å². The second-order valence-corrected chi connectivity index (χ2v) is 6.90. The zero-order valence-electron chi connectivity index (χ0n) is 15.8. The summed E-state index contributed by atoms with van der Waals surface area (Å²) in [7, 11) is 3.13. The van der Waals surface area contributed by atoms with Gasteiger partial charge >= 0.3 is 5.69 Å². The van der Waals surface area contributed by atoms with Crippen molar-refractivity contribution in [3.8, 4) is 5.69 Å². The Morgan fingerprint density at radius 2 is 1.58 bits per heavy atom. The molecule has 0 aliphatic heterocycles. The zero-order valence-corrected chi connectivity index (χ0v) is 15.8. The van der Waals surface area contributed by atoms with Gasteiger partial charge in [0.1, 0.15) is 0 Å². The highest BCUT2D eigenvalue weighted by Crippen LogP contribution is 2.25. The van der Waals surface area contributed by atoms with E-state index in [1.165, 1.54) is 22.7 Å². The fourth-order valence-corrected chi connectivity index (χ4v) is 3.50. The summed E-state index contributed by atoms with van der Waals surface area (Å²) in [6.45, 7) is 8.12.